The summed E-state index contributed by atoms with van der Waals surface area (Å²) in [4.78, 5) is 26.4. The second-order valence-electron chi connectivity index (χ2n) is 5.23. The number of nitrogens with zero attached hydrogens (tertiary/aromatic N) is 1. The van der Waals surface area contributed by atoms with Gasteiger partial charge in [0.25, 0.3) is 0 Å². The molecule has 23 heavy (non-hydrogen) atoms. The number of esters is 2. The van der Waals surface area contributed by atoms with Crippen molar-refractivity contribution >= 4 is 11.9 Å². The number of hydrogen-bond acceptors (Lipinski definition) is 6. The molecule has 0 aliphatic rings. The minimum absolute atomic E-state index is 0.0306. The van der Waals surface area contributed by atoms with Gasteiger partial charge in [0.2, 0.25) is 0 Å². The van der Waals surface area contributed by atoms with Crippen molar-refractivity contribution in [3.05, 3.63) is 42.0 Å². The maximum absolute atomic E-state index is 11.1. The Balaban J connectivity index is 2.06. The second kappa shape index (κ2) is 7.58. The molecule has 0 radical (unpaired) electrons. The molecule has 6 nitrogen and oxygen atoms in total. The molecule has 2 aromatic rings. The zero-order chi connectivity index (χ0) is 16.8. The molecular formula is C17H19NO5. The lowest BCUT2D eigenvalue weighted by Crippen LogP contribution is -2.26. The van der Waals surface area contributed by atoms with Crippen molar-refractivity contribution in [1.82, 2.24) is 4.98 Å². The van der Waals surface area contributed by atoms with Gasteiger partial charge in [-0.15, -0.1) is 0 Å². The van der Waals surface area contributed by atoms with Gasteiger partial charge in [-0.05, 0) is 6.92 Å². The first-order valence-electron chi connectivity index (χ1n) is 7.26. The molecule has 0 N–H and O–H groups in total. The van der Waals surface area contributed by atoms with Gasteiger partial charge in [0.15, 0.2) is 5.89 Å². The first-order valence-corrected chi connectivity index (χ1v) is 7.26. The normalized spacial score (nSPS) is 11.8. The van der Waals surface area contributed by atoms with E-state index >= 15 is 0 Å². The lowest BCUT2D eigenvalue weighted by Gasteiger charge is -2.14. The largest absolute Gasteiger partial charge is 0.462 e. The van der Waals surface area contributed by atoms with Crippen LogP contribution in [0, 0.1) is 6.92 Å². The molecule has 0 amide bonds. The molecular weight excluding hydrogens is 298 g/mol. The van der Waals surface area contributed by atoms with E-state index in [1.165, 1.54) is 13.8 Å². The van der Waals surface area contributed by atoms with Crippen LogP contribution in [0.15, 0.2) is 34.9 Å². The van der Waals surface area contributed by atoms with E-state index in [2.05, 4.69) is 4.98 Å². The van der Waals surface area contributed by atoms with Gasteiger partial charge < -0.3 is 13.9 Å². The standard InChI is InChI=1S/C17H19NO5/c1-11-4-6-14(7-5-11)16-10-22-17(18-16)8-15(23-13(3)20)9-21-12(2)19/h4-7,10,15H,8-9H2,1-3H3. The Morgan fingerprint density at radius 2 is 1.87 bits per heavy atom. The molecule has 0 aliphatic carbocycles. The van der Waals surface area contributed by atoms with Crippen LogP contribution in [-0.4, -0.2) is 29.6 Å². The van der Waals surface area contributed by atoms with E-state index in [1.807, 2.05) is 31.2 Å². The zero-order valence-corrected chi connectivity index (χ0v) is 13.4. The van der Waals surface area contributed by atoms with Gasteiger partial charge in [-0.3, -0.25) is 9.59 Å². The van der Waals surface area contributed by atoms with Crippen molar-refractivity contribution in [1.29, 1.82) is 0 Å². The number of ether oxygens (including phenoxy) is 2. The lowest BCUT2D eigenvalue weighted by molar-refractivity contribution is -0.156. The van der Waals surface area contributed by atoms with Crippen LogP contribution in [-0.2, 0) is 25.5 Å². The van der Waals surface area contributed by atoms with Crippen LogP contribution in [0.4, 0.5) is 0 Å². The summed E-state index contributed by atoms with van der Waals surface area (Å²) in [5, 5.41) is 0. The summed E-state index contributed by atoms with van der Waals surface area (Å²) in [6, 6.07) is 7.90. The summed E-state index contributed by atoms with van der Waals surface area (Å²) in [7, 11) is 0. The van der Waals surface area contributed by atoms with Crippen molar-refractivity contribution in [3.63, 3.8) is 0 Å². The van der Waals surface area contributed by atoms with Crippen LogP contribution in [0.2, 0.25) is 0 Å². The Labute approximate surface area is 134 Å². The molecule has 0 spiro atoms. The predicted octanol–water partition coefficient (Wildman–Crippen LogP) is 2.69. The summed E-state index contributed by atoms with van der Waals surface area (Å²) in [6.07, 6.45) is 1.16. The number of rotatable bonds is 6. The first kappa shape index (κ1) is 16.7. The highest BCUT2D eigenvalue weighted by atomic mass is 16.6. The first-order chi connectivity index (χ1) is 10.9. The van der Waals surface area contributed by atoms with Gasteiger partial charge in [0.05, 0.1) is 6.42 Å². The maximum Gasteiger partial charge on any atom is 0.303 e. The topological polar surface area (TPSA) is 78.6 Å². The molecule has 1 aromatic heterocycles. The summed E-state index contributed by atoms with van der Waals surface area (Å²) in [5.74, 6) is -0.471. The van der Waals surface area contributed by atoms with Crippen LogP contribution in [0.3, 0.4) is 0 Å². The quantitative estimate of drug-likeness (QED) is 0.762. The highest BCUT2D eigenvalue weighted by Gasteiger charge is 2.18. The summed E-state index contributed by atoms with van der Waals surface area (Å²) in [6.45, 7) is 4.58. The Hall–Kier alpha value is -2.63. The second-order valence-corrected chi connectivity index (χ2v) is 5.23. The van der Waals surface area contributed by atoms with Gasteiger partial charge in [0.1, 0.15) is 24.7 Å². The van der Waals surface area contributed by atoms with Crippen LogP contribution < -0.4 is 0 Å². The van der Waals surface area contributed by atoms with E-state index in [0.29, 0.717) is 11.6 Å². The summed E-state index contributed by atoms with van der Waals surface area (Å²) >= 11 is 0. The van der Waals surface area contributed by atoms with Crippen molar-refractivity contribution in [3.8, 4) is 11.3 Å². The summed E-state index contributed by atoms with van der Waals surface area (Å²) in [5.41, 5.74) is 2.80. The maximum atomic E-state index is 11.1. The molecule has 1 aromatic carbocycles. The van der Waals surface area contributed by atoms with Gasteiger partial charge in [-0.2, -0.15) is 0 Å². The molecule has 122 valence electrons. The molecule has 1 heterocycles. The highest BCUT2D eigenvalue weighted by Crippen LogP contribution is 2.20. The van der Waals surface area contributed by atoms with E-state index < -0.39 is 18.0 Å². The Bertz CT molecular complexity index is 675. The summed E-state index contributed by atoms with van der Waals surface area (Å²) < 4.78 is 15.4. The molecule has 0 fully saturated rings. The third-order valence-corrected chi connectivity index (χ3v) is 3.11. The van der Waals surface area contributed by atoms with Crippen molar-refractivity contribution in [2.75, 3.05) is 6.61 Å². The molecule has 0 aliphatic heterocycles. The van der Waals surface area contributed by atoms with E-state index in [9.17, 15) is 9.59 Å². The SMILES string of the molecule is CC(=O)OCC(Cc1nc(-c2ccc(C)cc2)co1)OC(C)=O. The van der Waals surface area contributed by atoms with E-state index in [0.717, 1.165) is 11.1 Å². The molecule has 0 bridgehead atoms. The third-order valence-electron chi connectivity index (χ3n) is 3.11. The number of carbonyl (C=O) groups is 2. The van der Waals surface area contributed by atoms with Crippen molar-refractivity contribution < 1.29 is 23.5 Å². The van der Waals surface area contributed by atoms with E-state index in [4.69, 9.17) is 13.9 Å². The molecule has 6 heteroatoms. The molecule has 1 atom stereocenters. The number of aromatic nitrogens is 1. The molecule has 2 rings (SSSR count). The fourth-order valence-corrected chi connectivity index (χ4v) is 2.04. The third kappa shape index (κ3) is 5.25. The fourth-order valence-electron chi connectivity index (χ4n) is 2.04. The molecule has 1 unspecified atom stereocenters. The average molecular weight is 317 g/mol. The average Bonchev–Trinajstić information content (AvgIpc) is 2.93. The lowest BCUT2D eigenvalue weighted by atomic mass is 10.1. The van der Waals surface area contributed by atoms with Gasteiger partial charge in [-0.1, -0.05) is 29.8 Å². The minimum atomic E-state index is -0.624. The van der Waals surface area contributed by atoms with Crippen LogP contribution in [0.5, 0.6) is 0 Å². The Kier molecular flexibility index (Phi) is 5.51. The number of aryl methyl sites for hydroxylation is 1. The van der Waals surface area contributed by atoms with Gasteiger partial charge in [0, 0.05) is 19.4 Å². The van der Waals surface area contributed by atoms with Crippen molar-refractivity contribution in [2.24, 2.45) is 0 Å². The monoisotopic (exact) mass is 317 g/mol. The van der Waals surface area contributed by atoms with E-state index in [1.54, 1.807) is 6.26 Å². The Morgan fingerprint density at radius 1 is 1.17 bits per heavy atom. The van der Waals surface area contributed by atoms with E-state index in [-0.39, 0.29) is 13.0 Å². The molecule has 0 saturated heterocycles. The smallest absolute Gasteiger partial charge is 0.303 e. The van der Waals surface area contributed by atoms with Crippen LogP contribution in [0.25, 0.3) is 11.3 Å². The fraction of sp³-hybridized carbons (Fsp3) is 0.353. The predicted molar refractivity (Wildman–Crippen MR) is 82.6 cm³/mol. The number of hydrogen-bond donors (Lipinski definition) is 0. The Morgan fingerprint density at radius 3 is 2.48 bits per heavy atom. The number of benzene rings is 1. The minimum Gasteiger partial charge on any atom is -0.462 e. The number of oxazole rings is 1. The highest BCUT2D eigenvalue weighted by molar-refractivity contribution is 5.67. The molecule has 0 saturated carbocycles. The zero-order valence-electron chi connectivity index (χ0n) is 13.4. The van der Waals surface area contributed by atoms with Gasteiger partial charge in [-0.25, -0.2) is 4.98 Å². The number of carbonyl (C=O) groups excluding carboxylic acids is 2. The van der Waals surface area contributed by atoms with Gasteiger partial charge >= 0.3 is 11.9 Å². The van der Waals surface area contributed by atoms with Crippen LogP contribution >= 0.6 is 0 Å². The van der Waals surface area contributed by atoms with Crippen LogP contribution in [0.1, 0.15) is 25.3 Å². The van der Waals surface area contributed by atoms with Crippen molar-refractivity contribution in [2.45, 2.75) is 33.3 Å².